The molecule has 1 atom stereocenters. The third kappa shape index (κ3) is 5.52. The van der Waals surface area contributed by atoms with Crippen molar-refractivity contribution < 1.29 is 23.1 Å². The number of pyridine rings is 1. The van der Waals surface area contributed by atoms with Gasteiger partial charge in [0.1, 0.15) is 5.82 Å². The number of nitrogens with one attached hydrogen (secondary N) is 1. The van der Waals surface area contributed by atoms with Crippen LogP contribution in [0.4, 0.5) is 19.0 Å². The molecule has 0 spiro atoms. The van der Waals surface area contributed by atoms with E-state index in [0.717, 1.165) is 11.8 Å². The minimum Gasteiger partial charge on any atom is -0.393 e. The number of hydrogen-bond donors (Lipinski definition) is 2. The molecule has 1 aliphatic carbocycles. The van der Waals surface area contributed by atoms with Crippen LogP contribution in [0.1, 0.15) is 58.3 Å². The van der Waals surface area contributed by atoms with Gasteiger partial charge in [-0.1, -0.05) is 15.9 Å². The molecule has 1 fully saturated rings. The normalized spacial score (nSPS) is 19.8. The summed E-state index contributed by atoms with van der Waals surface area (Å²) in [6.45, 7) is 5.34. The molecule has 0 radical (unpaired) electrons. The van der Waals surface area contributed by atoms with Crippen molar-refractivity contribution >= 4 is 27.7 Å². The van der Waals surface area contributed by atoms with Crippen LogP contribution >= 0.6 is 15.9 Å². The highest BCUT2D eigenvalue weighted by Crippen LogP contribution is 2.36. The summed E-state index contributed by atoms with van der Waals surface area (Å²) < 4.78 is 43.5. The molecule has 10 nitrogen and oxygen atoms in total. The van der Waals surface area contributed by atoms with Crippen molar-refractivity contribution in [1.29, 1.82) is 0 Å². The molecule has 0 unspecified atom stereocenters. The molecule has 1 saturated carbocycles. The van der Waals surface area contributed by atoms with E-state index >= 15 is 0 Å². The molecule has 0 bridgehead atoms. The number of carbonyl (C=O) groups is 1. The van der Waals surface area contributed by atoms with Crippen molar-refractivity contribution in [2.45, 2.75) is 70.9 Å². The first-order chi connectivity index (χ1) is 20.8. The summed E-state index contributed by atoms with van der Waals surface area (Å²) in [6, 6.07) is 8.38. The predicted octanol–water partition coefficient (Wildman–Crippen LogP) is 4.73. The number of nitrogens with zero attached hydrogens (tertiary/aromatic N) is 6. The number of aliphatic hydroxyl groups is 1. The molecule has 44 heavy (non-hydrogen) atoms. The minimum atomic E-state index is -4.64. The van der Waals surface area contributed by atoms with E-state index in [0.29, 0.717) is 41.3 Å². The summed E-state index contributed by atoms with van der Waals surface area (Å²) in [5.74, 6) is 0.224. The Morgan fingerprint density at radius 1 is 1.14 bits per heavy atom. The Kier molecular flexibility index (Phi) is 7.60. The first-order valence-electron chi connectivity index (χ1n) is 14.1. The van der Waals surface area contributed by atoms with Crippen LogP contribution in [0.5, 0.6) is 0 Å². The van der Waals surface area contributed by atoms with E-state index in [1.807, 2.05) is 19.9 Å². The highest BCUT2D eigenvalue weighted by atomic mass is 79.9. The van der Waals surface area contributed by atoms with Crippen LogP contribution in [0.25, 0.3) is 11.6 Å². The lowest BCUT2D eigenvalue weighted by atomic mass is 9.89. The van der Waals surface area contributed by atoms with Crippen LogP contribution in [-0.2, 0) is 19.1 Å². The van der Waals surface area contributed by atoms with Crippen molar-refractivity contribution in [3.8, 4) is 11.6 Å². The largest absolute Gasteiger partial charge is 0.417 e. The zero-order valence-electron chi connectivity index (χ0n) is 24.1. The van der Waals surface area contributed by atoms with Gasteiger partial charge < -0.3 is 15.3 Å². The van der Waals surface area contributed by atoms with Crippen molar-refractivity contribution in [2.24, 2.45) is 0 Å². The summed E-state index contributed by atoms with van der Waals surface area (Å²) >= 11 is 2.92. The molecule has 1 amide bonds. The second-order valence-electron chi connectivity index (χ2n) is 11.4. The van der Waals surface area contributed by atoms with Gasteiger partial charge in [0.15, 0.2) is 0 Å². The molecule has 0 saturated heterocycles. The fourth-order valence-electron chi connectivity index (χ4n) is 5.68. The Morgan fingerprint density at radius 3 is 2.50 bits per heavy atom. The lowest BCUT2D eigenvalue weighted by Gasteiger charge is -2.34. The van der Waals surface area contributed by atoms with Crippen LogP contribution in [-0.4, -0.2) is 58.4 Å². The standard InChI is InChI=1S/C30H29BrF3N7O3/c1-15-8-17(3)41(38-15)29-37-25-14-39(27(43)18-4-6-24(31)23(10-18)30(32,33)34)16(2)9-22(25)28(44)40(29)20-5-7-26(35-13-20)36-19-11-21(42)12-19/h4-8,10,13,16,19,21,42H,9,11-12,14H2,1-3H3,(H,35,36)/t16-,19-,21+/m1/s1. The Labute approximate surface area is 258 Å². The fraction of sp³-hybridized carbons (Fsp3) is 0.367. The van der Waals surface area contributed by atoms with Crippen molar-refractivity contribution in [3.63, 3.8) is 0 Å². The molecular weight excluding hydrogens is 643 g/mol. The average Bonchev–Trinajstić information content (AvgIpc) is 3.29. The second kappa shape index (κ2) is 11.1. The van der Waals surface area contributed by atoms with Crippen molar-refractivity contribution in [3.05, 3.63) is 91.2 Å². The zero-order valence-corrected chi connectivity index (χ0v) is 25.6. The number of anilines is 1. The molecule has 14 heteroatoms. The predicted molar refractivity (Wildman–Crippen MR) is 159 cm³/mol. The van der Waals surface area contributed by atoms with Gasteiger partial charge in [0.2, 0.25) is 5.95 Å². The van der Waals surface area contributed by atoms with Crippen LogP contribution < -0.4 is 10.9 Å². The third-order valence-electron chi connectivity index (χ3n) is 8.05. The second-order valence-corrected chi connectivity index (χ2v) is 12.2. The molecule has 1 aliphatic heterocycles. The molecule has 1 aromatic carbocycles. The maximum atomic E-state index is 14.1. The number of alkyl halides is 3. The highest BCUT2D eigenvalue weighted by molar-refractivity contribution is 9.10. The van der Waals surface area contributed by atoms with Gasteiger partial charge in [0, 0.05) is 33.4 Å². The van der Waals surface area contributed by atoms with Gasteiger partial charge >= 0.3 is 6.18 Å². The van der Waals surface area contributed by atoms with Gasteiger partial charge in [0.25, 0.3) is 11.5 Å². The SMILES string of the molecule is Cc1cc(C)n(-c2nc3c(c(=O)n2-c2ccc(N[C@H]4C[C@@H](O)C4)nc2)C[C@@H](C)N(C(=O)c2ccc(Br)c(C(F)(F)F)c2)C3)n1. The summed E-state index contributed by atoms with van der Waals surface area (Å²) in [7, 11) is 0. The number of rotatable bonds is 5. The van der Waals surface area contributed by atoms with Gasteiger partial charge in [-0.3, -0.25) is 9.59 Å². The van der Waals surface area contributed by atoms with Crippen LogP contribution in [0, 0.1) is 13.8 Å². The molecule has 230 valence electrons. The number of amides is 1. The number of aliphatic hydroxyl groups excluding tert-OH is 1. The highest BCUT2D eigenvalue weighted by Gasteiger charge is 2.36. The summed E-state index contributed by atoms with van der Waals surface area (Å²) in [4.78, 5) is 38.4. The summed E-state index contributed by atoms with van der Waals surface area (Å²) in [6.07, 6.45) is -1.94. The number of aryl methyl sites for hydroxylation is 2. The number of hydrogen-bond acceptors (Lipinski definition) is 7. The molecule has 2 aliphatic rings. The summed E-state index contributed by atoms with van der Waals surface area (Å²) in [5, 5.41) is 17.4. The smallest absolute Gasteiger partial charge is 0.393 e. The van der Waals surface area contributed by atoms with E-state index in [1.54, 1.807) is 29.9 Å². The first kappa shape index (κ1) is 30.0. The summed E-state index contributed by atoms with van der Waals surface area (Å²) in [5.41, 5.74) is 1.26. The van der Waals surface area contributed by atoms with Crippen molar-refractivity contribution in [1.82, 2.24) is 29.2 Å². The molecule has 4 aromatic rings. The minimum absolute atomic E-state index is 0.0660. The number of aromatic nitrogens is 5. The monoisotopic (exact) mass is 671 g/mol. The van der Waals surface area contributed by atoms with Gasteiger partial charge in [0.05, 0.1) is 41.5 Å². The topological polar surface area (TPSA) is 118 Å². The quantitative estimate of drug-likeness (QED) is 0.315. The molecule has 4 heterocycles. The lowest BCUT2D eigenvalue weighted by molar-refractivity contribution is -0.138. The average molecular weight is 673 g/mol. The zero-order chi connectivity index (χ0) is 31.5. The van der Waals surface area contributed by atoms with E-state index in [2.05, 4.69) is 31.3 Å². The first-order valence-corrected chi connectivity index (χ1v) is 14.9. The Morgan fingerprint density at radius 2 is 1.89 bits per heavy atom. The molecule has 6 rings (SSSR count). The maximum Gasteiger partial charge on any atom is 0.417 e. The van der Waals surface area contributed by atoms with Crippen LogP contribution in [0.15, 0.2) is 51.9 Å². The Bertz CT molecular complexity index is 1810. The van der Waals surface area contributed by atoms with E-state index in [9.17, 15) is 27.9 Å². The fourth-order valence-corrected chi connectivity index (χ4v) is 6.16. The lowest BCUT2D eigenvalue weighted by Crippen LogP contribution is -2.46. The van der Waals surface area contributed by atoms with Crippen LogP contribution in [0.3, 0.4) is 0 Å². The number of benzene rings is 1. The van der Waals surface area contributed by atoms with Gasteiger partial charge in [-0.2, -0.15) is 18.3 Å². The van der Waals surface area contributed by atoms with Crippen molar-refractivity contribution in [2.75, 3.05) is 5.32 Å². The van der Waals surface area contributed by atoms with E-state index in [4.69, 9.17) is 4.98 Å². The van der Waals surface area contributed by atoms with Crippen LogP contribution in [0.2, 0.25) is 0 Å². The van der Waals surface area contributed by atoms with Gasteiger partial charge in [-0.05, 0) is 76.4 Å². The van der Waals surface area contributed by atoms with E-state index < -0.39 is 23.7 Å². The maximum absolute atomic E-state index is 14.1. The Balaban J connectivity index is 1.39. The number of halogens is 4. The Hall–Kier alpha value is -4.04. The van der Waals surface area contributed by atoms with Gasteiger partial charge in [-0.15, -0.1) is 0 Å². The molecule has 2 N–H and O–H groups in total. The molecular formula is C30H29BrF3N7O3. The van der Waals surface area contributed by atoms with E-state index in [-0.39, 0.29) is 46.7 Å². The third-order valence-corrected chi connectivity index (χ3v) is 8.74. The number of carbonyl (C=O) groups excluding carboxylic acids is 1. The van der Waals surface area contributed by atoms with Gasteiger partial charge in [-0.25, -0.2) is 19.2 Å². The van der Waals surface area contributed by atoms with E-state index in [1.165, 1.54) is 21.6 Å². The number of fused-ring (bicyclic) bond motifs is 1. The molecule has 3 aromatic heterocycles.